The van der Waals surface area contributed by atoms with Crippen LogP contribution in [-0.4, -0.2) is 38.9 Å². The van der Waals surface area contributed by atoms with E-state index in [1.807, 2.05) is 47.3 Å². The lowest BCUT2D eigenvalue weighted by molar-refractivity contribution is 0.0950. The zero-order valence-electron chi connectivity index (χ0n) is 16.9. The molecule has 152 valence electrons. The summed E-state index contributed by atoms with van der Waals surface area (Å²) in [5, 5.41) is 2.95. The molecular weight excluding hydrogens is 372 g/mol. The zero-order valence-corrected chi connectivity index (χ0v) is 16.9. The third-order valence-electron chi connectivity index (χ3n) is 4.53. The lowest BCUT2D eigenvalue weighted by atomic mass is 10.1. The van der Waals surface area contributed by atoms with Crippen LogP contribution in [0.15, 0.2) is 54.9 Å². The molecule has 0 aliphatic rings. The summed E-state index contributed by atoms with van der Waals surface area (Å²) in [4.78, 5) is 13.0. The molecule has 7 heteroatoms. The van der Waals surface area contributed by atoms with E-state index in [9.17, 15) is 4.79 Å². The quantitative estimate of drug-likeness (QED) is 0.632. The fourth-order valence-corrected chi connectivity index (χ4v) is 3.03. The highest BCUT2D eigenvalue weighted by molar-refractivity contribution is 5.98. The molecule has 0 saturated heterocycles. The third kappa shape index (κ3) is 4.29. The van der Waals surface area contributed by atoms with Crippen LogP contribution >= 0.6 is 0 Å². The van der Waals surface area contributed by atoms with E-state index in [1.165, 1.54) is 0 Å². The van der Waals surface area contributed by atoms with Gasteiger partial charge in [0.25, 0.3) is 5.91 Å². The van der Waals surface area contributed by atoms with Crippen LogP contribution in [0.5, 0.6) is 23.0 Å². The summed E-state index contributed by atoms with van der Waals surface area (Å²) >= 11 is 0. The van der Waals surface area contributed by atoms with E-state index < -0.39 is 0 Å². The van der Waals surface area contributed by atoms with Gasteiger partial charge in [-0.15, -0.1) is 0 Å². The van der Waals surface area contributed by atoms with Gasteiger partial charge in [0.15, 0.2) is 23.0 Å². The number of amides is 1. The molecule has 1 aromatic heterocycles. The molecular formula is C22H24N2O5. The van der Waals surface area contributed by atoms with Gasteiger partial charge in [0.2, 0.25) is 0 Å². The summed E-state index contributed by atoms with van der Waals surface area (Å²) < 4.78 is 23.2. The minimum atomic E-state index is -0.232. The van der Waals surface area contributed by atoms with Gasteiger partial charge < -0.3 is 28.8 Å². The minimum Gasteiger partial charge on any atom is -0.493 e. The van der Waals surface area contributed by atoms with E-state index in [0.717, 1.165) is 5.56 Å². The highest BCUT2D eigenvalue weighted by atomic mass is 16.5. The minimum absolute atomic E-state index is 0.232. The fraction of sp³-hybridized carbons (Fsp3) is 0.227. The number of ether oxygens (including phenoxy) is 4. The molecule has 0 bridgehead atoms. The smallest absolute Gasteiger partial charge is 0.253 e. The zero-order chi connectivity index (χ0) is 20.8. The summed E-state index contributed by atoms with van der Waals surface area (Å²) in [6, 6.07) is 12.8. The third-order valence-corrected chi connectivity index (χ3v) is 4.53. The molecule has 3 rings (SSSR count). The number of nitrogens with one attached hydrogen (secondary N) is 1. The van der Waals surface area contributed by atoms with Crippen LogP contribution in [0.4, 0.5) is 0 Å². The Morgan fingerprint density at radius 1 is 0.828 bits per heavy atom. The second kappa shape index (κ2) is 9.05. The van der Waals surface area contributed by atoms with E-state index in [4.69, 9.17) is 18.9 Å². The van der Waals surface area contributed by atoms with Crippen molar-refractivity contribution in [1.29, 1.82) is 0 Å². The molecule has 0 atom stereocenters. The molecule has 0 aliphatic carbocycles. The van der Waals surface area contributed by atoms with Crippen molar-refractivity contribution in [3.05, 3.63) is 66.0 Å². The Morgan fingerprint density at radius 2 is 1.41 bits per heavy atom. The predicted molar refractivity (Wildman–Crippen MR) is 110 cm³/mol. The maximum atomic E-state index is 13.0. The Labute approximate surface area is 169 Å². The molecule has 0 saturated carbocycles. The Bertz CT molecular complexity index is 983. The molecule has 1 N–H and O–H groups in total. The summed E-state index contributed by atoms with van der Waals surface area (Å²) in [5.41, 5.74) is 2.05. The summed E-state index contributed by atoms with van der Waals surface area (Å²) in [6.07, 6.45) is 3.73. The van der Waals surface area contributed by atoms with Gasteiger partial charge in [0, 0.05) is 25.0 Å². The van der Waals surface area contributed by atoms with Gasteiger partial charge in [-0.05, 0) is 35.9 Å². The first-order chi connectivity index (χ1) is 14.1. The fourth-order valence-electron chi connectivity index (χ4n) is 3.03. The number of aromatic nitrogens is 1. The maximum Gasteiger partial charge on any atom is 0.253 e. The average Bonchev–Trinajstić information content (AvgIpc) is 3.30. The van der Waals surface area contributed by atoms with Crippen LogP contribution in [0.2, 0.25) is 0 Å². The van der Waals surface area contributed by atoms with Crippen LogP contribution in [0.3, 0.4) is 0 Å². The number of nitrogens with zero attached hydrogens (tertiary/aromatic N) is 1. The van der Waals surface area contributed by atoms with Crippen molar-refractivity contribution < 1.29 is 23.7 Å². The molecule has 0 radical (unpaired) electrons. The highest BCUT2D eigenvalue weighted by Gasteiger charge is 2.18. The summed E-state index contributed by atoms with van der Waals surface area (Å²) in [6.45, 7) is 0.332. The standard InChI is InChI=1S/C22H24N2O5/c1-26-18-8-7-15(11-19(18)27-2)14-23-22(25)16-12-20(28-3)21(29-4)13-17(16)24-9-5-6-10-24/h5-13H,14H2,1-4H3,(H,23,25). The van der Waals surface area contributed by atoms with Crippen molar-refractivity contribution in [2.24, 2.45) is 0 Å². The molecule has 0 fully saturated rings. The van der Waals surface area contributed by atoms with Crippen molar-refractivity contribution in [2.75, 3.05) is 28.4 Å². The molecule has 7 nitrogen and oxygen atoms in total. The molecule has 0 unspecified atom stereocenters. The van der Waals surface area contributed by atoms with E-state index >= 15 is 0 Å². The Morgan fingerprint density at radius 3 is 2.03 bits per heavy atom. The molecule has 1 heterocycles. The predicted octanol–water partition coefficient (Wildman–Crippen LogP) is 3.44. The Kier molecular flexibility index (Phi) is 6.29. The van der Waals surface area contributed by atoms with Gasteiger partial charge in [0.05, 0.1) is 39.7 Å². The molecule has 2 aromatic carbocycles. The number of hydrogen-bond donors (Lipinski definition) is 1. The second-order valence-electron chi connectivity index (χ2n) is 6.19. The van der Waals surface area contributed by atoms with Crippen molar-refractivity contribution >= 4 is 5.91 Å². The van der Waals surface area contributed by atoms with E-state index in [0.29, 0.717) is 40.8 Å². The Balaban J connectivity index is 1.88. The largest absolute Gasteiger partial charge is 0.493 e. The lowest BCUT2D eigenvalue weighted by Gasteiger charge is -2.16. The van der Waals surface area contributed by atoms with Crippen LogP contribution < -0.4 is 24.3 Å². The first-order valence-corrected chi connectivity index (χ1v) is 8.99. The molecule has 29 heavy (non-hydrogen) atoms. The van der Waals surface area contributed by atoms with Crippen LogP contribution in [0.1, 0.15) is 15.9 Å². The highest BCUT2D eigenvalue weighted by Crippen LogP contribution is 2.33. The molecule has 1 amide bonds. The normalized spacial score (nSPS) is 10.3. The molecule has 3 aromatic rings. The second-order valence-corrected chi connectivity index (χ2v) is 6.19. The number of carbonyl (C=O) groups excluding carboxylic acids is 1. The summed E-state index contributed by atoms with van der Waals surface area (Å²) in [7, 11) is 6.26. The topological polar surface area (TPSA) is 71.0 Å². The van der Waals surface area contributed by atoms with E-state index in [-0.39, 0.29) is 5.91 Å². The van der Waals surface area contributed by atoms with Crippen molar-refractivity contribution in [2.45, 2.75) is 6.54 Å². The van der Waals surface area contributed by atoms with Crippen molar-refractivity contribution in [3.8, 4) is 28.7 Å². The first-order valence-electron chi connectivity index (χ1n) is 8.99. The monoisotopic (exact) mass is 396 g/mol. The van der Waals surface area contributed by atoms with Crippen LogP contribution in [0, 0.1) is 0 Å². The van der Waals surface area contributed by atoms with Gasteiger partial charge in [-0.2, -0.15) is 0 Å². The summed E-state index contributed by atoms with van der Waals surface area (Å²) in [5.74, 6) is 2.05. The van der Waals surface area contributed by atoms with Gasteiger partial charge in [0.1, 0.15) is 0 Å². The van der Waals surface area contributed by atoms with Crippen molar-refractivity contribution in [3.63, 3.8) is 0 Å². The van der Waals surface area contributed by atoms with Gasteiger partial charge in [-0.3, -0.25) is 4.79 Å². The number of carbonyl (C=O) groups is 1. The van der Waals surface area contributed by atoms with Gasteiger partial charge in [-0.25, -0.2) is 0 Å². The average molecular weight is 396 g/mol. The van der Waals surface area contributed by atoms with Crippen LogP contribution in [-0.2, 0) is 6.54 Å². The SMILES string of the molecule is COc1ccc(CNC(=O)c2cc(OC)c(OC)cc2-n2cccc2)cc1OC. The number of benzene rings is 2. The molecule has 0 spiro atoms. The Hall–Kier alpha value is -3.61. The molecule has 0 aliphatic heterocycles. The number of rotatable bonds is 8. The number of methoxy groups -OCH3 is 4. The maximum absolute atomic E-state index is 13.0. The van der Waals surface area contributed by atoms with E-state index in [1.54, 1.807) is 40.6 Å². The number of hydrogen-bond acceptors (Lipinski definition) is 5. The lowest BCUT2D eigenvalue weighted by Crippen LogP contribution is -2.24. The van der Waals surface area contributed by atoms with Gasteiger partial charge in [-0.1, -0.05) is 6.07 Å². The van der Waals surface area contributed by atoms with Gasteiger partial charge >= 0.3 is 0 Å². The van der Waals surface area contributed by atoms with Crippen molar-refractivity contribution in [1.82, 2.24) is 9.88 Å². The van der Waals surface area contributed by atoms with E-state index in [2.05, 4.69) is 5.32 Å². The first kappa shape index (κ1) is 20.1. The van der Waals surface area contributed by atoms with Crippen LogP contribution in [0.25, 0.3) is 5.69 Å².